The lowest BCUT2D eigenvalue weighted by atomic mass is 10.0. The van der Waals surface area contributed by atoms with E-state index in [1.807, 2.05) is 0 Å². The van der Waals surface area contributed by atoms with Crippen molar-refractivity contribution in [3.8, 4) is 0 Å². The molecule has 1 atom stereocenters. The van der Waals surface area contributed by atoms with Crippen LogP contribution in [0.4, 0.5) is 8.78 Å². The normalized spacial score (nSPS) is 12.5. The fraction of sp³-hybridized carbons (Fsp3) is 0.0769. The van der Waals surface area contributed by atoms with Crippen LogP contribution in [0.1, 0.15) is 16.5 Å². The van der Waals surface area contributed by atoms with Gasteiger partial charge < -0.3 is 0 Å². The van der Waals surface area contributed by atoms with Crippen LogP contribution >= 0.6 is 39.1 Å². The highest BCUT2D eigenvalue weighted by Gasteiger charge is 2.14. The zero-order valence-corrected chi connectivity index (χ0v) is 12.0. The molecule has 0 nitrogen and oxygen atoms in total. The first-order chi connectivity index (χ1) is 8.49. The lowest BCUT2D eigenvalue weighted by Gasteiger charge is -2.11. The molecule has 0 aliphatic rings. The Morgan fingerprint density at radius 1 is 0.944 bits per heavy atom. The van der Waals surface area contributed by atoms with Gasteiger partial charge in [-0.1, -0.05) is 23.7 Å². The summed E-state index contributed by atoms with van der Waals surface area (Å²) in [4.78, 5) is 0. The smallest absolute Gasteiger partial charge is 0.141 e. The molecular weight excluding hydrogens is 345 g/mol. The Hall–Kier alpha value is -0.640. The summed E-state index contributed by atoms with van der Waals surface area (Å²) >= 11 is 15.0. The molecule has 0 heterocycles. The topological polar surface area (TPSA) is 0 Å². The van der Waals surface area contributed by atoms with Gasteiger partial charge in [-0.05, 0) is 51.3 Å². The quantitative estimate of drug-likeness (QED) is 0.608. The predicted molar refractivity (Wildman–Crippen MR) is 73.2 cm³/mol. The lowest BCUT2D eigenvalue weighted by Crippen LogP contribution is -1.95. The summed E-state index contributed by atoms with van der Waals surface area (Å²) in [6, 6.07) is 8.76. The number of hydrogen-bond acceptors (Lipinski definition) is 0. The lowest BCUT2D eigenvalue weighted by molar-refractivity contribution is 0.620. The number of rotatable bonds is 2. The molecule has 0 aliphatic carbocycles. The summed E-state index contributed by atoms with van der Waals surface area (Å²) in [6.45, 7) is 0. The van der Waals surface area contributed by atoms with Crippen molar-refractivity contribution in [2.75, 3.05) is 0 Å². The van der Waals surface area contributed by atoms with Gasteiger partial charge in [-0.15, -0.1) is 11.6 Å². The Balaban J connectivity index is 2.37. The molecule has 0 aliphatic heterocycles. The average molecular weight is 352 g/mol. The second kappa shape index (κ2) is 5.55. The van der Waals surface area contributed by atoms with E-state index in [2.05, 4.69) is 15.9 Å². The van der Waals surface area contributed by atoms with Gasteiger partial charge in [0.1, 0.15) is 11.6 Å². The first kappa shape index (κ1) is 13.8. The fourth-order valence-electron chi connectivity index (χ4n) is 1.53. The molecule has 0 radical (unpaired) electrons. The summed E-state index contributed by atoms with van der Waals surface area (Å²) in [5.41, 5.74) is 1.36. The van der Waals surface area contributed by atoms with Crippen LogP contribution in [0.25, 0.3) is 0 Å². The largest absolute Gasteiger partial charge is 0.206 e. The van der Waals surface area contributed by atoms with Crippen molar-refractivity contribution in [2.24, 2.45) is 0 Å². The number of alkyl halides is 1. The van der Waals surface area contributed by atoms with E-state index in [-0.39, 0.29) is 10.8 Å². The van der Waals surface area contributed by atoms with Crippen LogP contribution in [0.2, 0.25) is 5.02 Å². The molecule has 0 fully saturated rings. The highest BCUT2D eigenvalue weighted by molar-refractivity contribution is 9.10. The molecule has 1 unspecified atom stereocenters. The van der Waals surface area contributed by atoms with Crippen molar-refractivity contribution in [2.45, 2.75) is 5.38 Å². The summed E-state index contributed by atoms with van der Waals surface area (Å²) in [5, 5.41) is -0.501. The standard InChI is InChI=1S/C13H7BrCl2F2/c14-9-5-7(1-3-11(9)17)13(16)8-2-4-12(18)10(15)6-8/h1-6,13H. The van der Waals surface area contributed by atoms with E-state index in [4.69, 9.17) is 23.2 Å². The molecular formula is C13H7BrCl2F2. The molecule has 0 saturated carbocycles. The summed E-state index contributed by atoms with van der Waals surface area (Å²) < 4.78 is 26.5. The maximum atomic E-state index is 13.1. The highest BCUT2D eigenvalue weighted by Crippen LogP contribution is 2.32. The minimum absolute atomic E-state index is 0.0133. The number of benzene rings is 2. The van der Waals surface area contributed by atoms with Gasteiger partial charge in [0.15, 0.2) is 0 Å². The van der Waals surface area contributed by atoms with Gasteiger partial charge in [-0.3, -0.25) is 0 Å². The van der Waals surface area contributed by atoms with Gasteiger partial charge >= 0.3 is 0 Å². The fourth-order valence-corrected chi connectivity index (χ4v) is 2.39. The average Bonchev–Trinajstić information content (AvgIpc) is 2.35. The van der Waals surface area contributed by atoms with Crippen LogP contribution in [-0.2, 0) is 0 Å². The van der Waals surface area contributed by atoms with E-state index < -0.39 is 11.2 Å². The summed E-state index contributed by atoms with van der Waals surface area (Å²) in [6.07, 6.45) is 0. The van der Waals surface area contributed by atoms with E-state index in [9.17, 15) is 8.78 Å². The van der Waals surface area contributed by atoms with Crippen molar-refractivity contribution < 1.29 is 8.78 Å². The summed E-state index contributed by atoms with van der Waals surface area (Å²) in [5.74, 6) is -0.857. The van der Waals surface area contributed by atoms with Gasteiger partial charge in [-0.2, -0.15) is 0 Å². The maximum Gasteiger partial charge on any atom is 0.141 e. The van der Waals surface area contributed by atoms with Crippen LogP contribution in [0.5, 0.6) is 0 Å². The Bertz CT molecular complexity index is 536. The zero-order chi connectivity index (χ0) is 13.3. The third kappa shape index (κ3) is 2.85. The maximum absolute atomic E-state index is 13.1. The molecule has 5 heteroatoms. The molecule has 2 aromatic rings. The van der Waals surface area contributed by atoms with Crippen molar-refractivity contribution in [3.63, 3.8) is 0 Å². The van der Waals surface area contributed by atoms with E-state index in [0.717, 1.165) is 0 Å². The Morgan fingerprint density at radius 2 is 1.50 bits per heavy atom. The van der Waals surface area contributed by atoms with Crippen molar-refractivity contribution >= 4 is 39.1 Å². The third-order valence-corrected chi connectivity index (χ3v) is 3.87. The molecule has 18 heavy (non-hydrogen) atoms. The first-order valence-electron chi connectivity index (χ1n) is 5.03. The minimum atomic E-state index is -0.514. The Morgan fingerprint density at radius 3 is 2.06 bits per heavy atom. The van der Waals surface area contributed by atoms with Crippen LogP contribution in [0, 0.1) is 11.6 Å². The van der Waals surface area contributed by atoms with E-state index in [0.29, 0.717) is 15.6 Å². The third-order valence-electron chi connectivity index (χ3n) is 2.47. The summed E-state index contributed by atoms with van der Waals surface area (Å²) in [7, 11) is 0. The van der Waals surface area contributed by atoms with E-state index >= 15 is 0 Å². The molecule has 0 saturated heterocycles. The predicted octanol–water partition coefficient (Wildman–Crippen LogP) is 5.71. The molecule has 2 rings (SSSR count). The van der Waals surface area contributed by atoms with Crippen LogP contribution in [0.15, 0.2) is 40.9 Å². The van der Waals surface area contributed by atoms with Crippen molar-refractivity contribution in [3.05, 3.63) is 68.7 Å². The Labute approximate surface area is 122 Å². The second-order valence-corrected chi connectivity index (χ2v) is 5.41. The van der Waals surface area contributed by atoms with Crippen LogP contribution in [0.3, 0.4) is 0 Å². The van der Waals surface area contributed by atoms with Crippen LogP contribution in [-0.4, -0.2) is 0 Å². The van der Waals surface area contributed by atoms with Gasteiger partial charge in [0.05, 0.1) is 14.9 Å². The van der Waals surface area contributed by atoms with Crippen molar-refractivity contribution in [1.29, 1.82) is 0 Å². The van der Waals surface area contributed by atoms with Gasteiger partial charge in [0.25, 0.3) is 0 Å². The van der Waals surface area contributed by atoms with E-state index in [1.165, 1.54) is 18.2 Å². The SMILES string of the molecule is Fc1ccc(C(Cl)c2ccc(F)c(Br)c2)cc1Cl. The first-order valence-corrected chi connectivity index (χ1v) is 6.63. The Kier molecular flexibility index (Phi) is 4.25. The van der Waals surface area contributed by atoms with Crippen LogP contribution < -0.4 is 0 Å². The molecule has 0 spiro atoms. The minimum Gasteiger partial charge on any atom is -0.206 e. The zero-order valence-electron chi connectivity index (χ0n) is 8.93. The van der Waals surface area contributed by atoms with Gasteiger partial charge in [0.2, 0.25) is 0 Å². The number of halogens is 5. The van der Waals surface area contributed by atoms with Crippen molar-refractivity contribution in [1.82, 2.24) is 0 Å². The number of hydrogen-bond donors (Lipinski definition) is 0. The molecule has 0 N–H and O–H groups in total. The molecule has 0 amide bonds. The van der Waals surface area contributed by atoms with E-state index in [1.54, 1.807) is 18.2 Å². The molecule has 0 bridgehead atoms. The monoisotopic (exact) mass is 350 g/mol. The van der Waals surface area contributed by atoms with Gasteiger partial charge in [-0.25, -0.2) is 8.78 Å². The molecule has 94 valence electrons. The second-order valence-electron chi connectivity index (χ2n) is 3.71. The highest BCUT2D eigenvalue weighted by atomic mass is 79.9. The molecule has 0 aromatic heterocycles. The molecule has 2 aromatic carbocycles. The van der Waals surface area contributed by atoms with Gasteiger partial charge in [0, 0.05) is 0 Å².